The maximum absolute atomic E-state index is 11.9. The average Bonchev–Trinajstić information content (AvgIpc) is 2.69. The molecule has 0 bridgehead atoms. The van der Waals surface area contributed by atoms with Gasteiger partial charge in [-0.15, -0.1) is 0 Å². The molecule has 0 atom stereocenters. The Bertz CT molecular complexity index is 1280. The molecule has 3 N–H and O–H groups in total. The Kier molecular flexibility index (Phi) is 5.35. The second-order valence-electron chi connectivity index (χ2n) is 6.12. The number of phenolic OH excluding ortho intramolecular Hbond substituents is 2. The maximum Gasteiger partial charge on any atom is 0.379 e. The van der Waals surface area contributed by atoms with Crippen LogP contribution >= 0.6 is 63.7 Å². The van der Waals surface area contributed by atoms with E-state index in [0.29, 0.717) is 51.0 Å². The van der Waals surface area contributed by atoms with Gasteiger partial charge in [0.15, 0.2) is 20.4 Å². The zero-order valence-electron chi connectivity index (χ0n) is 14.1. The van der Waals surface area contributed by atoms with Crippen molar-refractivity contribution in [2.75, 3.05) is 0 Å². The van der Waals surface area contributed by atoms with Crippen LogP contribution in [0.5, 0.6) is 11.5 Å². The van der Waals surface area contributed by atoms with E-state index in [-0.39, 0.29) is 17.1 Å². The van der Waals surface area contributed by atoms with Gasteiger partial charge in [0.2, 0.25) is 0 Å². The van der Waals surface area contributed by atoms with Crippen molar-refractivity contribution in [3.63, 3.8) is 0 Å². The van der Waals surface area contributed by atoms with Crippen LogP contribution in [-0.4, -0.2) is 21.3 Å². The maximum atomic E-state index is 11.9. The minimum Gasteiger partial charge on any atom is -0.505 e. The molecule has 0 fully saturated rings. The molecular formula is C20H9Br4O5+. The summed E-state index contributed by atoms with van der Waals surface area (Å²) in [6.07, 6.45) is 0. The van der Waals surface area contributed by atoms with Gasteiger partial charge in [0, 0.05) is 5.56 Å². The molecule has 0 unspecified atom stereocenters. The van der Waals surface area contributed by atoms with Gasteiger partial charge < -0.3 is 15.3 Å². The summed E-state index contributed by atoms with van der Waals surface area (Å²) in [6.45, 7) is 0. The highest BCUT2D eigenvalue weighted by molar-refractivity contribution is 9.11. The summed E-state index contributed by atoms with van der Waals surface area (Å²) in [5, 5.41) is 31.6. The van der Waals surface area contributed by atoms with Crippen LogP contribution in [0.4, 0.5) is 0 Å². The molecule has 0 spiro atoms. The lowest BCUT2D eigenvalue weighted by Gasteiger charge is -2.11. The van der Waals surface area contributed by atoms with Crippen molar-refractivity contribution in [3.05, 3.63) is 59.9 Å². The first-order chi connectivity index (χ1) is 13.7. The van der Waals surface area contributed by atoms with Gasteiger partial charge in [-0.25, -0.2) is 9.21 Å². The van der Waals surface area contributed by atoms with E-state index in [4.69, 9.17) is 4.42 Å². The van der Waals surface area contributed by atoms with Crippen LogP contribution in [0.2, 0.25) is 0 Å². The highest BCUT2D eigenvalue weighted by Crippen LogP contribution is 2.49. The molecule has 0 aliphatic carbocycles. The summed E-state index contributed by atoms with van der Waals surface area (Å²) in [6, 6.07) is 9.97. The molecule has 9 heteroatoms. The third-order valence-corrected chi connectivity index (χ3v) is 7.15. The minimum atomic E-state index is -1.07. The number of halogens is 4. The fourth-order valence-corrected chi connectivity index (χ4v) is 5.58. The van der Waals surface area contributed by atoms with E-state index in [9.17, 15) is 20.1 Å². The number of carbonyl (C=O) groups is 1. The molecule has 4 aromatic rings. The number of hydrogen-bond acceptors (Lipinski definition) is 3. The summed E-state index contributed by atoms with van der Waals surface area (Å²) in [7, 11) is 0. The molecule has 3 aromatic carbocycles. The number of carboxylic acids is 1. The van der Waals surface area contributed by atoms with Crippen molar-refractivity contribution in [1.82, 2.24) is 0 Å². The highest BCUT2D eigenvalue weighted by atomic mass is 79.9. The van der Waals surface area contributed by atoms with E-state index in [1.807, 2.05) is 0 Å². The summed E-state index contributed by atoms with van der Waals surface area (Å²) in [5.41, 5.74) is 1.77. The molecule has 1 aromatic heterocycles. The van der Waals surface area contributed by atoms with Crippen LogP contribution in [-0.2, 0) is 0 Å². The van der Waals surface area contributed by atoms with E-state index >= 15 is 0 Å². The van der Waals surface area contributed by atoms with Gasteiger partial charge in [-0.3, -0.25) is 0 Å². The smallest absolute Gasteiger partial charge is 0.379 e. The number of aromatic hydroxyl groups is 2. The van der Waals surface area contributed by atoms with Gasteiger partial charge in [0.05, 0.1) is 25.3 Å². The number of benzene rings is 3. The zero-order chi connectivity index (χ0) is 21.0. The number of fused-ring (bicyclic) bond motifs is 2. The highest BCUT2D eigenvalue weighted by Gasteiger charge is 2.30. The van der Waals surface area contributed by atoms with Crippen LogP contribution < -0.4 is 0 Å². The Morgan fingerprint density at radius 1 is 0.828 bits per heavy atom. The van der Waals surface area contributed by atoms with Gasteiger partial charge in [-0.2, -0.15) is 0 Å². The van der Waals surface area contributed by atoms with Crippen molar-refractivity contribution in [3.8, 4) is 22.6 Å². The van der Waals surface area contributed by atoms with Crippen molar-refractivity contribution in [2.45, 2.75) is 0 Å². The van der Waals surface area contributed by atoms with Crippen LogP contribution in [0.25, 0.3) is 33.1 Å². The van der Waals surface area contributed by atoms with Gasteiger partial charge >= 0.3 is 17.1 Å². The summed E-state index contributed by atoms with van der Waals surface area (Å²) >= 11 is 13.4. The largest absolute Gasteiger partial charge is 0.505 e. The first-order valence-electron chi connectivity index (χ1n) is 8.02. The van der Waals surface area contributed by atoms with Crippen LogP contribution in [0.1, 0.15) is 10.4 Å². The Morgan fingerprint density at radius 3 is 1.79 bits per heavy atom. The van der Waals surface area contributed by atoms with Crippen LogP contribution in [0, 0.1) is 0 Å². The molecular weight excluding hydrogens is 640 g/mol. The molecule has 5 nitrogen and oxygen atoms in total. The molecule has 1 heterocycles. The monoisotopic (exact) mass is 645 g/mol. The third-order valence-electron chi connectivity index (χ3n) is 4.47. The second kappa shape index (κ2) is 7.54. The van der Waals surface area contributed by atoms with Crippen molar-refractivity contribution in [1.29, 1.82) is 0 Å². The summed E-state index contributed by atoms with van der Waals surface area (Å²) in [4.78, 5) is 11.9. The first kappa shape index (κ1) is 20.6. The quantitative estimate of drug-likeness (QED) is 0.153. The lowest BCUT2D eigenvalue weighted by atomic mass is 9.93. The van der Waals surface area contributed by atoms with Crippen molar-refractivity contribution < 1.29 is 24.5 Å². The standard InChI is InChI=1S/C20H8Br4O5/c21-11-5-9-13(7-3-1-2-4-8(7)20(27)28)10-6-12(22)17(26)15(24)19(10)29-18(9)14(23)16(11)25/h1-6H,(H2-,25,26,27,28)/p+1. The van der Waals surface area contributed by atoms with E-state index in [1.54, 1.807) is 30.3 Å². The molecule has 0 aliphatic heterocycles. The van der Waals surface area contributed by atoms with Crippen LogP contribution in [0.15, 0.2) is 58.7 Å². The fourth-order valence-electron chi connectivity index (χ4n) is 3.18. The lowest BCUT2D eigenvalue weighted by molar-refractivity contribution is 0.0697. The van der Waals surface area contributed by atoms with Gasteiger partial charge in [-0.05, 0) is 87.5 Å². The van der Waals surface area contributed by atoms with Crippen molar-refractivity contribution >= 4 is 91.6 Å². The van der Waals surface area contributed by atoms with Gasteiger partial charge in [-0.1, -0.05) is 18.2 Å². The Hall–Kier alpha value is -1.68. The lowest BCUT2D eigenvalue weighted by Crippen LogP contribution is -2.00. The average molecular weight is 649 g/mol. The molecule has 0 radical (unpaired) electrons. The second-order valence-corrected chi connectivity index (χ2v) is 9.42. The number of rotatable bonds is 2. The molecule has 0 saturated carbocycles. The zero-order valence-corrected chi connectivity index (χ0v) is 20.5. The Labute approximate surface area is 197 Å². The van der Waals surface area contributed by atoms with E-state index in [0.717, 1.165) is 0 Å². The third kappa shape index (κ3) is 3.24. The van der Waals surface area contributed by atoms with E-state index < -0.39 is 5.97 Å². The molecule has 4 rings (SSSR count). The SMILES string of the molecule is O=C(O)c1ccccc1-c1c2cc(Br)c(O)c(Br)c2[o+]c2c(Br)c(O)c(Br)cc12. The normalized spacial score (nSPS) is 11.3. The molecule has 146 valence electrons. The van der Waals surface area contributed by atoms with Gasteiger partial charge in [0.25, 0.3) is 0 Å². The molecule has 29 heavy (non-hydrogen) atoms. The number of carboxylic acid groups (broad SMARTS) is 1. The fraction of sp³-hybridized carbons (Fsp3) is 0. The Balaban J connectivity index is 2.35. The Morgan fingerprint density at radius 2 is 1.31 bits per heavy atom. The molecule has 0 amide bonds. The molecule has 0 aliphatic rings. The number of hydrogen-bond donors (Lipinski definition) is 3. The van der Waals surface area contributed by atoms with E-state index in [1.165, 1.54) is 6.07 Å². The predicted octanol–water partition coefficient (Wildman–Crippen LogP) is 7.69. The number of aromatic carboxylic acids is 1. The van der Waals surface area contributed by atoms with Gasteiger partial charge in [0.1, 0.15) is 0 Å². The minimum absolute atomic E-state index is 0.0597. The summed E-state index contributed by atoms with van der Waals surface area (Å²) in [5.74, 6) is -1.19. The topological polar surface area (TPSA) is 89.1 Å². The van der Waals surface area contributed by atoms with E-state index in [2.05, 4.69) is 63.7 Å². The number of phenols is 2. The first-order valence-corrected chi connectivity index (χ1v) is 11.2. The van der Waals surface area contributed by atoms with Crippen molar-refractivity contribution in [2.24, 2.45) is 0 Å². The van der Waals surface area contributed by atoms with Crippen LogP contribution in [0.3, 0.4) is 0 Å². The predicted molar refractivity (Wildman–Crippen MR) is 125 cm³/mol. The molecule has 0 saturated heterocycles. The summed E-state index contributed by atoms with van der Waals surface area (Å²) < 4.78 is 7.46.